The first-order valence-electron chi connectivity index (χ1n) is 8.83. The molecule has 0 aliphatic heterocycles. The van der Waals surface area contributed by atoms with Gasteiger partial charge in [-0.15, -0.1) is 0 Å². The maximum atomic E-state index is 12.7. The molecule has 150 valence electrons. The Morgan fingerprint density at radius 2 is 0.862 bits per heavy atom. The number of carbonyl (C=O) groups excluding carboxylic acids is 2. The Bertz CT molecular complexity index is 860. The average molecular weight is 540 g/mol. The van der Waals surface area contributed by atoms with E-state index in [-0.39, 0.29) is 11.8 Å². The number of halogens is 2. The summed E-state index contributed by atoms with van der Waals surface area (Å²) in [6.45, 7) is 0. The van der Waals surface area contributed by atoms with Crippen LogP contribution >= 0.6 is 23.2 Å². The molecule has 7 heteroatoms. The van der Waals surface area contributed by atoms with Crippen LogP contribution < -0.4 is 10.5 Å². The van der Waals surface area contributed by atoms with Gasteiger partial charge >= 0.3 is 182 Å². The molecule has 29 heavy (non-hydrogen) atoms. The van der Waals surface area contributed by atoms with Crippen LogP contribution in [0.15, 0.2) is 91.0 Å². The SMILES string of the molecule is O=C(CCl)[O][Sb]([O]C(=O)CCl)([c]1ccccc1)([c]1ccccc1)[c]1ccccc1. The van der Waals surface area contributed by atoms with E-state index in [0.29, 0.717) is 10.5 Å². The fourth-order valence-corrected chi connectivity index (χ4v) is 17.0. The summed E-state index contributed by atoms with van der Waals surface area (Å²) in [7, 11) is 0. The van der Waals surface area contributed by atoms with Crippen LogP contribution in [0.1, 0.15) is 0 Å². The van der Waals surface area contributed by atoms with Crippen molar-refractivity contribution in [3.63, 3.8) is 0 Å². The monoisotopic (exact) mass is 538 g/mol. The summed E-state index contributed by atoms with van der Waals surface area (Å²) in [6.07, 6.45) is 0. The molecule has 0 aliphatic carbocycles. The predicted molar refractivity (Wildman–Crippen MR) is 118 cm³/mol. The summed E-state index contributed by atoms with van der Waals surface area (Å²) in [5.74, 6) is -2.11. The second-order valence-electron chi connectivity index (χ2n) is 6.16. The van der Waals surface area contributed by atoms with Gasteiger partial charge in [-0.1, -0.05) is 0 Å². The van der Waals surface area contributed by atoms with E-state index in [0.717, 1.165) is 0 Å². The number of hydrogen-bond donors (Lipinski definition) is 0. The van der Waals surface area contributed by atoms with Gasteiger partial charge in [0.2, 0.25) is 0 Å². The number of hydrogen-bond acceptors (Lipinski definition) is 4. The molecule has 0 fully saturated rings. The molecule has 0 heterocycles. The van der Waals surface area contributed by atoms with Crippen LogP contribution in [0.25, 0.3) is 0 Å². The van der Waals surface area contributed by atoms with Gasteiger partial charge in [0.05, 0.1) is 0 Å². The van der Waals surface area contributed by atoms with Gasteiger partial charge in [-0.25, -0.2) is 0 Å². The third-order valence-electron chi connectivity index (χ3n) is 4.45. The molecule has 0 unspecified atom stereocenters. The first-order valence-corrected chi connectivity index (χ1v) is 15.8. The van der Waals surface area contributed by atoms with Crippen LogP contribution in [-0.2, 0) is 15.6 Å². The predicted octanol–water partition coefficient (Wildman–Crippen LogP) is 2.67. The van der Waals surface area contributed by atoms with Crippen LogP contribution in [0.2, 0.25) is 0 Å². The van der Waals surface area contributed by atoms with Crippen molar-refractivity contribution in [1.29, 1.82) is 0 Å². The van der Waals surface area contributed by atoms with E-state index in [1.54, 1.807) is 0 Å². The van der Waals surface area contributed by atoms with E-state index in [1.165, 1.54) is 0 Å². The number of rotatable bonds is 7. The standard InChI is InChI=1S/3C6H5.2C2H3ClO2.Sb/c3*1-2-4-6-5-3-1;2*3-1-2(4)5;/h3*1-5H;2*1H2,(H,4,5);/q;;;;;+2/p-2. The van der Waals surface area contributed by atoms with Crippen LogP contribution in [-0.4, -0.2) is 41.9 Å². The summed E-state index contributed by atoms with van der Waals surface area (Å²) in [5, 5.41) is 0. The van der Waals surface area contributed by atoms with E-state index in [1.807, 2.05) is 91.0 Å². The second-order valence-corrected chi connectivity index (χ2v) is 17.6. The van der Waals surface area contributed by atoms with Crippen molar-refractivity contribution in [1.82, 2.24) is 0 Å². The van der Waals surface area contributed by atoms with E-state index in [4.69, 9.17) is 29.2 Å². The van der Waals surface area contributed by atoms with E-state index < -0.39 is 30.2 Å². The first kappa shape index (κ1) is 21.7. The van der Waals surface area contributed by atoms with Crippen molar-refractivity contribution in [3.05, 3.63) is 91.0 Å². The van der Waals surface area contributed by atoms with Crippen molar-refractivity contribution < 1.29 is 15.6 Å². The molecule has 4 nitrogen and oxygen atoms in total. The zero-order valence-corrected chi connectivity index (χ0v) is 19.5. The van der Waals surface area contributed by atoms with E-state index in [9.17, 15) is 9.59 Å². The molecule has 0 spiro atoms. The van der Waals surface area contributed by atoms with Gasteiger partial charge in [0.1, 0.15) is 0 Å². The zero-order chi connectivity index (χ0) is 20.8. The average Bonchev–Trinajstić information content (AvgIpc) is 2.80. The second kappa shape index (κ2) is 9.21. The zero-order valence-electron chi connectivity index (χ0n) is 15.4. The Morgan fingerprint density at radius 3 is 1.10 bits per heavy atom. The van der Waals surface area contributed by atoms with Crippen molar-refractivity contribution in [3.8, 4) is 0 Å². The Hall–Kier alpha value is -2.00. The van der Waals surface area contributed by atoms with Crippen molar-refractivity contribution in [2.75, 3.05) is 11.8 Å². The molecule has 0 saturated heterocycles. The van der Waals surface area contributed by atoms with Gasteiger partial charge in [-0.05, 0) is 0 Å². The molecule has 3 aromatic carbocycles. The van der Waals surface area contributed by atoms with Gasteiger partial charge in [-0.2, -0.15) is 0 Å². The molecule has 3 rings (SSSR count). The molecule has 0 saturated carbocycles. The minimum absolute atomic E-state index is 0.382. The third kappa shape index (κ3) is 3.90. The molecule has 0 bridgehead atoms. The number of carbonyl (C=O) groups is 2. The summed E-state index contributed by atoms with van der Waals surface area (Å²) < 4.78 is 14.3. The van der Waals surface area contributed by atoms with E-state index in [2.05, 4.69) is 0 Å². The summed E-state index contributed by atoms with van der Waals surface area (Å²) >= 11 is 6.03. The normalized spacial score (nSPS) is 12.4. The third-order valence-corrected chi connectivity index (χ3v) is 18.6. The fraction of sp³-hybridized carbons (Fsp3) is 0.0909. The Labute approximate surface area is 181 Å². The van der Waals surface area contributed by atoms with Crippen molar-refractivity contribution in [2.45, 2.75) is 0 Å². The molecule has 0 amide bonds. The number of alkyl halides is 2. The van der Waals surface area contributed by atoms with Gasteiger partial charge < -0.3 is 0 Å². The quantitative estimate of drug-likeness (QED) is 0.342. The molecule has 0 aliphatic rings. The summed E-state index contributed by atoms with van der Waals surface area (Å²) in [6, 6.07) is 27.3. The molecular formula is C22H19Cl2O4Sb. The van der Waals surface area contributed by atoms with Crippen LogP contribution in [0, 0.1) is 0 Å². The fourth-order valence-electron chi connectivity index (χ4n) is 3.32. The van der Waals surface area contributed by atoms with Crippen LogP contribution in [0.4, 0.5) is 0 Å². The van der Waals surface area contributed by atoms with Crippen molar-refractivity contribution >= 4 is 63.9 Å². The van der Waals surface area contributed by atoms with E-state index >= 15 is 0 Å². The summed E-state index contributed by atoms with van der Waals surface area (Å²) in [5.41, 5.74) is 0. The molecule has 0 radical (unpaired) electrons. The first-order chi connectivity index (χ1) is 14.1. The van der Waals surface area contributed by atoms with Gasteiger partial charge in [0, 0.05) is 0 Å². The summed E-state index contributed by atoms with van der Waals surface area (Å²) in [4.78, 5) is 25.4. The topological polar surface area (TPSA) is 52.6 Å². The maximum absolute atomic E-state index is 12.7. The molecule has 0 N–H and O–H groups in total. The van der Waals surface area contributed by atoms with Crippen LogP contribution in [0.3, 0.4) is 0 Å². The Morgan fingerprint density at radius 1 is 0.586 bits per heavy atom. The molecule has 0 atom stereocenters. The minimum atomic E-state index is -5.66. The van der Waals surface area contributed by atoms with Crippen LogP contribution in [0.5, 0.6) is 0 Å². The molecule has 0 aromatic heterocycles. The van der Waals surface area contributed by atoms with Gasteiger partial charge in [-0.3, -0.25) is 0 Å². The Balaban J connectivity index is 2.53. The van der Waals surface area contributed by atoms with Gasteiger partial charge in [0.25, 0.3) is 0 Å². The Kier molecular flexibility index (Phi) is 6.89. The molecule has 3 aromatic rings. The molecular weight excluding hydrogens is 521 g/mol. The number of benzene rings is 3. The van der Waals surface area contributed by atoms with Crippen molar-refractivity contribution in [2.24, 2.45) is 0 Å². The van der Waals surface area contributed by atoms with Gasteiger partial charge in [0.15, 0.2) is 0 Å².